The summed E-state index contributed by atoms with van der Waals surface area (Å²) in [4.78, 5) is 4.30. The summed E-state index contributed by atoms with van der Waals surface area (Å²) in [5.74, 6) is 1.78. The van der Waals surface area contributed by atoms with Gasteiger partial charge in [-0.15, -0.1) is 11.3 Å². The van der Waals surface area contributed by atoms with E-state index in [-0.39, 0.29) is 0 Å². The zero-order valence-corrected chi connectivity index (χ0v) is 9.05. The average Bonchev–Trinajstić information content (AvgIpc) is 2.87. The summed E-state index contributed by atoms with van der Waals surface area (Å²) in [6, 6.07) is 6.74. The molecule has 1 saturated carbocycles. The monoisotopic (exact) mass is 203 g/mol. The molecule has 1 heterocycles. The Kier molecular flexibility index (Phi) is 1.84. The minimum Gasteiger partial charge on any atom is -0.245 e. The molecule has 14 heavy (non-hydrogen) atoms. The molecule has 2 aromatic rings. The van der Waals surface area contributed by atoms with Gasteiger partial charge in [0, 0.05) is 0 Å². The van der Waals surface area contributed by atoms with Crippen molar-refractivity contribution < 1.29 is 0 Å². The van der Waals surface area contributed by atoms with E-state index in [9.17, 15) is 0 Å². The molecule has 3 rings (SSSR count). The van der Waals surface area contributed by atoms with Crippen molar-refractivity contribution in [2.45, 2.75) is 25.7 Å². The Hall–Kier alpha value is -0.890. The number of aromatic nitrogens is 1. The Labute approximate surface area is 87.8 Å². The smallest absolute Gasteiger partial charge is 0.0812 e. The number of rotatable bonds is 2. The second-order valence-electron chi connectivity index (χ2n) is 4.09. The van der Waals surface area contributed by atoms with Crippen LogP contribution in [0.25, 0.3) is 10.2 Å². The molecule has 0 bridgehead atoms. The molecule has 1 aliphatic carbocycles. The van der Waals surface area contributed by atoms with Gasteiger partial charge in [0.05, 0.1) is 15.7 Å². The van der Waals surface area contributed by atoms with Gasteiger partial charge in [0.1, 0.15) is 0 Å². The van der Waals surface area contributed by atoms with Crippen LogP contribution in [0.5, 0.6) is 0 Å². The lowest BCUT2D eigenvalue weighted by Gasteiger charge is -1.98. The van der Waals surface area contributed by atoms with Gasteiger partial charge in [-0.05, 0) is 36.0 Å². The van der Waals surface area contributed by atoms with E-state index in [1.54, 1.807) is 11.3 Å². The lowest BCUT2D eigenvalue weighted by Crippen LogP contribution is -1.81. The van der Waals surface area contributed by atoms with Gasteiger partial charge in [-0.3, -0.25) is 0 Å². The maximum Gasteiger partial charge on any atom is 0.0812 e. The molecule has 2 heteroatoms. The molecule has 1 fully saturated rings. The van der Waals surface area contributed by atoms with E-state index in [2.05, 4.69) is 30.1 Å². The third-order valence-corrected chi connectivity index (χ3v) is 4.02. The molecule has 0 radical (unpaired) electrons. The van der Waals surface area contributed by atoms with Crippen molar-refractivity contribution in [1.29, 1.82) is 0 Å². The summed E-state index contributed by atoms with van der Waals surface area (Å²) in [5, 5.41) is 0. The maximum absolute atomic E-state index is 4.30. The molecular weight excluding hydrogens is 190 g/mol. The van der Waals surface area contributed by atoms with Crippen LogP contribution in [0.4, 0.5) is 0 Å². The fraction of sp³-hybridized carbons (Fsp3) is 0.417. The quantitative estimate of drug-likeness (QED) is 0.723. The Balaban J connectivity index is 1.98. The van der Waals surface area contributed by atoms with Crippen molar-refractivity contribution in [3.05, 3.63) is 29.3 Å². The largest absolute Gasteiger partial charge is 0.245 e. The Morgan fingerprint density at radius 1 is 1.50 bits per heavy atom. The second kappa shape index (κ2) is 3.06. The van der Waals surface area contributed by atoms with Crippen molar-refractivity contribution in [3.8, 4) is 0 Å². The molecule has 2 atom stereocenters. The van der Waals surface area contributed by atoms with E-state index < -0.39 is 0 Å². The molecule has 0 amide bonds. The zero-order valence-electron chi connectivity index (χ0n) is 8.23. The van der Waals surface area contributed by atoms with E-state index in [1.165, 1.54) is 23.1 Å². The molecule has 72 valence electrons. The van der Waals surface area contributed by atoms with Gasteiger partial charge in [0.2, 0.25) is 0 Å². The van der Waals surface area contributed by atoms with Crippen molar-refractivity contribution in [2.24, 2.45) is 5.92 Å². The minimum absolute atomic E-state index is 0.839. The van der Waals surface area contributed by atoms with Gasteiger partial charge in [-0.1, -0.05) is 19.4 Å². The molecule has 1 aromatic carbocycles. The molecule has 0 spiro atoms. The zero-order chi connectivity index (χ0) is 9.54. The first-order valence-electron chi connectivity index (χ1n) is 5.21. The van der Waals surface area contributed by atoms with E-state index >= 15 is 0 Å². The highest BCUT2D eigenvalue weighted by Gasteiger charge is 2.36. The summed E-state index contributed by atoms with van der Waals surface area (Å²) in [7, 11) is 0. The number of thiazole rings is 1. The van der Waals surface area contributed by atoms with E-state index in [1.807, 2.05) is 5.51 Å². The Morgan fingerprint density at radius 2 is 2.43 bits per heavy atom. The lowest BCUT2D eigenvalue weighted by atomic mass is 10.1. The first kappa shape index (κ1) is 8.42. The van der Waals surface area contributed by atoms with Crippen LogP contribution in [0.1, 0.15) is 31.2 Å². The van der Waals surface area contributed by atoms with Crippen LogP contribution in [0.3, 0.4) is 0 Å². The van der Waals surface area contributed by atoms with Crippen LogP contribution < -0.4 is 0 Å². The predicted molar refractivity (Wildman–Crippen MR) is 60.8 cm³/mol. The number of hydrogen-bond acceptors (Lipinski definition) is 2. The second-order valence-corrected chi connectivity index (χ2v) is 4.98. The van der Waals surface area contributed by atoms with Crippen molar-refractivity contribution in [3.63, 3.8) is 0 Å². The molecule has 0 N–H and O–H groups in total. The molecule has 0 unspecified atom stereocenters. The molecular formula is C12H13NS. The number of benzene rings is 1. The van der Waals surface area contributed by atoms with Gasteiger partial charge in [-0.2, -0.15) is 0 Å². The summed E-state index contributed by atoms with van der Waals surface area (Å²) < 4.78 is 1.34. The van der Waals surface area contributed by atoms with Gasteiger partial charge < -0.3 is 0 Å². The summed E-state index contributed by atoms with van der Waals surface area (Å²) in [5.41, 5.74) is 4.60. The highest BCUT2D eigenvalue weighted by atomic mass is 32.1. The van der Waals surface area contributed by atoms with Gasteiger partial charge in [0.25, 0.3) is 0 Å². The lowest BCUT2D eigenvalue weighted by molar-refractivity contribution is 0.766. The topological polar surface area (TPSA) is 12.9 Å². The maximum atomic E-state index is 4.30. The van der Waals surface area contributed by atoms with Gasteiger partial charge in [-0.25, -0.2) is 4.98 Å². The third-order valence-electron chi connectivity index (χ3n) is 3.23. The third kappa shape index (κ3) is 1.25. The van der Waals surface area contributed by atoms with Crippen LogP contribution in [-0.4, -0.2) is 4.98 Å². The van der Waals surface area contributed by atoms with Crippen LogP contribution >= 0.6 is 11.3 Å². The first-order chi connectivity index (χ1) is 6.88. The molecule has 0 aliphatic heterocycles. The fourth-order valence-electron chi connectivity index (χ4n) is 2.21. The normalized spacial score (nSPS) is 25.5. The van der Waals surface area contributed by atoms with Crippen molar-refractivity contribution >= 4 is 21.6 Å². The summed E-state index contributed by atoms with van der Waals surface area (Å²) >= 11 is 1.74. The highest BCUT2D eigenvalue weighted by molar-refractivity contribution is 7.16. The molecule has 1 aromatic heterocycles. The van der Waals surface area contributed by atoms with Crippen molar-refractivity contribution in [2.75, 3.05) is 0 Å². The summed E-state index contributed by atoms with van der Waals surface area (Å²) in [6.07, 6.45) is 2.71. The SMILES string of the molecule is CC[C@H]1C[C@@H]1c1ccc2ncsc2c1. The van der Waals surface area contributed by atoms with Crippen molar-refractivity contribution in [1.82, 2.24) is 4.98 Å². The predicted octanol–water partition coefficient (Wildman–Crippen LogP) is 3.81. The van der Waals surface area contributed by atoms with E-state index in [0.29, 0.717) is 0 Å². The van der Waals surface area contributed by atoms with Crippen LogP contribution in [0, 0.1) is 5.92 Å². The number of nitrogens with zero attached hydrogens (tertiary/aromatic N) is 1. The molecule has 1 nitrogen and oxygen atoms in total. The Morgan fingerprint density at radius 3 is 3.21 bits per heavy atom. The molecule has 0 saturated heterocycles. The van der Waals surface area contributed by atoms with Gasteiger partial charge in [0.15, 0.2) is 0 Å². The van der Waals surface area contributed by atoms with E-state index in [4.69, 9.17) is 0 Å². The average molecular weight is 203 g/mol. The van der Waals surface area contributed by atoms with Crippen LogP contribution in [0.15, 0.2) is 23.7 Å². The first-order valence-corrected chi connectivity index (χ1v) is 6.09. The standard InChI is InChI=1S/C12H13NS/c1-2-8-5-10(8)9-3-4-11-12(6-9)14-7-13-11/h3-4,6-8,10H,2,5H2,1H3/t8-,10-/m0/s1. The fourth-order valence-corrected chi connectivity index (χ4v) is 2.93. The Bertz CT molecular complexity index is 460. The van der Waals surface area contributed by atoms with E-state index in [0.717, 1.165) is 17.4 Å². The van der Waals surface area contributed by atoms with Crippen LogP contribution in [-0.2, 0) is 0 Å². The highest BCUT2D eigenvalue weighted by Crippen LogP contribution is 2.49. The number of hydrogen-bond donors (Lipinski definition) is 0. The molecule has 1 aliphatic rings. The number of fused-ring (bicyclic) bond motifs is 1. The van der Waals surface area contributed by atoms with Gasteiger partial charge >= 0.3 is 0 Å². The minimum atomic E-state index is 0.839. The van der Waals surface area contributed by atoms with Crippen LogP contribution in [0.2, 0.25) is 0 Å². The summed E-state index contributed by atoms with van der Waals surface area (Å²) in [6.45, 7) is 2.29.